The number of benzene rings is 2. The summed E-state index contributed by atoms with van der Waals surface area (Å²) in [4.78, 5) is 24.7. The molecule has 9 heteroatoms. The molecule has 2 aromatic carbocycles. The lowest BCUT2D eigenvalue weighted by atomic mass is 10.1. The van der Waals surface area contributed by atoms with Crippen molar-refractivity contribution in [2.45, 2.75) is 20.3 Å². The number of nitrogens with one attached hydrogen (secondary N) is 2. The first-order valence-corrected chi connectivity index (χ1v) is 10.8. The Morgan fingerprint density at radius 3 is 2.09 bits per heavy atom. The summed E-state index contributed by atoms with van der Waals surface area (Å²) in [5.74, 6) is 0.414. The van der Waals surface area contributed by atoms with Crippen LogP contribution in [0.2, 0.25) is 0 Å². The highest BCUT2D eigenvalue weighted by atomic mass is 16.5. The van der Waals surface area contributed by atoms with Crippen LogP contribution in [0, 0.1) is 13.8 Å². The molecule has 180 valence electrons. The van der Waals surface area contributed by atoms with Gasteiger partial charge >= 0.3 is 0 Å². The number of hydrogen-bond acceptors (Lipinski definition) is 6. The van der Waals surface area contributed by atoms with E-state index in [-0.39, 0.29) is 12.5 Å². The number of hydrogen-bond donors (Lipinski definition) is 2. The predicted molar refractivity (Wildman–Crippen MR) is 128 cm³/mol. The molecule has 0 bridgehead atoms. The third kappa shape index (κ3) is 5.86. The van der Waals surface area contributed by atoms with E-state index in [1.807, 2.05) is 48.9 Å². The van der Waals surface area contributed by atoms with Crippen LogP contribution < -0.4 is 24.8 Å². The van der Waals surface area contributed by atoms with Gasteiger partial charge in [-0.15, -0.1) is 0 Å². The molecule has 34 heavy (non-hydrogen) atoms. The number of methoxy groups -OCH3 is 3. The van der Waals surface area contributed by atoms with E-state index < -0.39 is 5.91 Å². The molecule has 0 saturated heterocycles. The van der Waals surface area contributed by atoms with Crippen LogP contribution in [0.1, 0.15) is 27.3 Å². The van der Waals surface area contributed by atoms with Crippen molar-refractivity contribution < 1.29 is 23.8 Å². The molecular weight excluding hydrogens is 436 g/mol. The average Bonchev–Trinajstić information content (AvgIpc) is 3.19. The number of carbonyl (C=O) groups excluding carboxylic acids is 2. The summed E-state index contributed by atoms with van der Waals surface area (Å²) in [5, 5.41) is 9.91. The summed E-state index contributed by atoms with van der Waals surface area (Å²) in [6.07, 6.45) is 0.671. The maximum atomic E-state index is 12.5. The molecule has 3 rings (SSSR count). The topological polar surface area (TPSA) is 104 Å². The van der Waals surface area contributed by atoms with Crippen LogP contribution in [0.4, 0.5) is 0 Å². The number of amides is 2. The summed E-state index contributed by atoms with van der Waals surface area (Å²) in [5.41, 5.74) is 4.43. The molecule has 0 atom stereocenters. The van der Waals surface area contributed by atoms with Gasteiger partial charge in [-0.3, -0.25) is 9.59 Å². The molecule has 0 aliphatic rings. The Kier molecular flexibility index (Phi) is 8.13. The van der Waals surface area contributed by atoms with Crippen molar-refractivity contribution in [3.63, 3.8) is 0 Å². The summed E-state index contributed by atoms with van der Waals surface area (Å²) in [6.45, 7) is 4.29. The molecule has 0 aliphatic carbocycles. The van der Waals surface area contributed by atoms with Gasteiger partial charge in [0.1, 0.15) is 0 Å². The molecule has 0 saturated carbocycles. The maximum Gasteiger partial charge on any atom is 0.251 e. The first kappa shape index (κ1) is 24.6. The lowest BCUT2D eigenvalue weighted by Crippen LogP contribution is -2.37. The first-order valence-electron chi connectivity index (χ1n) is 10.8. The molecule has 0 fully saturated rings. The van der Waals surface area contributed by atoms with E-state index >= 15 is 0 Å². The quantitative estimate of drug-likeness (QED) is 0.476. The van der Waals surface area contributed by atoms with Gasteiger partial charge in [0.05, 0.1) is 39.3 Å². The maximum absolute atomic E-state index is 12.5. The van der Waals surface area contributed by atoms with E-state index in [0.717, 1.165) is 22.6 Å². The van der Waals surface area contributed by atoms with Crippen LogP contribution >= 0.6 is 0 Å². The van der Waals surface area contributed by atoms with Crippen LogP contribution in [0.5, 0.6) is 17.2 Å². The lowest BCUT2D eigenvalue weighted by Gasteiger charge is -2.14. The standard InChI is InChI=1S/C25H30N4O5/c1-16-12-17(2)29(28-16)20-8-6-18(7-9-20)10-11-26-23(30)15-27-25(31)19-13-21(32-3)24(34-5)22(14-19)33-4/h6-9,12-14H,10-11,15H2,1-5H3,(H,26,30)(H,27,31). The Bertz CT molecular complexity index is 1130. The Morgan fingerprint density at radius 2 is 1.56 bits per heavy atom. The second kappa shape index (κ2) is 11.2. The first-order chi connectivity index (χ1) is 16.4. The van der Waals surface area contributed by atoms with Crippen LogP contribution in [0.15, 0.2) is 42.5 Å². The smallest absolute Gasteiger partial charge is 0.251 e. The highest BCUT2D eigenvalue weighted by Crippen LogP contribution is 2.38. The minimum absolute atomic E-state index is 0.146. The molecule has 2 N–H and O–H groups in total. The molecule has 9 nitrogen and oxygen atoms in total. The minimum atomic E-state index is -0.422. The Labute approximate surface area is 199 Å². The van der Waals surface area contributed by atoms with Crippen molar-refractivity contribution in [3.8, 4) is 22.9 Å². The zero-order valence-electron chi connectivity index (χ0n) is 20.1. The molecule has 1 heterocycles. The van der Waals surface area contributed by atoms with Crippen LogP contribution in [-0.4, -0.2) is 56.0 Å². The predicted octanol–water partition coefficient (Wildman–Crippen LogP) is 2.60. The fourth-order valence-corrected chi connectivity index (χ4v) is 3.58. The fourth-order valence-electron chi connectivity index (χ4n) is 3.58. The monoisotopic (exact) mass is 466 g/mol. The van der Waals surface area contributed by atoms with Gasteiger partial charge in [0.25, 0.3) is 5.91 Å². The Hall–Kier alpha value is -4.01. The second-order valence-electron chi connectivity index (χ2n) is 7.70. The molecular formula is C25H30N4O5. The van der Waals surface area contributed by atoms with Gasteiger partial charge in [-0.2, -0.15) is 5.10 Å². The van der Waals surface area contributed by atoms with Crippen molar-refractivity contribution >= 4 is 11.8 Å². The molecule has 0 aliphatic heterocycles. The molecule has 0 spiro atoms. The fraction of sp³-hybridized carbons (Fsp3) is 0.320. The normalized spacial score (nSPS) is 10.5. The molecule has 0 radical (unpaired) electrons. The number of aryl methyl sites for hydroxylation is 2. The summed E-state index contributed by atoms with van der Waals surface area (Å²) >= 11 is 0. The largest absolute Gasteiger partial charge is 0.493 e. The van der Waals surface area contributed by atoms with Crippen molar-refractivity contribution in [1.82, 2.24) is 20.4 Å². The number of ether oxygens (including phenoxy) is 3. The molecule has 3 aromatic rings. The highest BCUT2D eigenvalue weighted by Gasteiger charge is 2.17. The van der Waals surface area contributed by atoms with Crippen molar-refractivity contribution in [1.29, 1.82) is 0 Å². The van der Waals surface area contributed by atoms with Gasteiger partial charge in [0.15, 0.2) is 11.5 Å². The van der Waals surface area contributed by atoms with E-state index in [2.05, 4.69) is 15.7 Å². The van der Waals surface area contributed by atoms with Crippen molar-refractivity contribution in [3.05, 3.63) is 65.0 Å². The molecule has 1 aromatic heterocycles. The van der Waals surface area contributed by atoms with Gasteiger partial charge in [-0.1, -0.05) is 12.1 Å². The lowest BCUT2D eigenvalue weighted by molar-refractivity contribution is -0.120. The molecule has 2 amide bonds. The average molecular weight is 467 g/mol. The summed E-state index contributed by atoms with van der Waals surface area (Å²) < 4.78 is 17.7. The number of aromatic nitrogens is 2. The molecule has 0 unspecified atom stereocenters. The van der Waals surface area contributed by atoms with E-state index in [4.69, 9.17) is 14.2 Å². The third-order valence-corrected chi connectivity index (χ3v) is 5.26. The highest BCUT2D eigenvalue weighted by molar-refractivity contribution is 5.97. The van der Waals surface area contributed by atoms with E-state index in [1.165, 1.54) is 33.5 Å². The van der Waals surface area contributed by atoms with Gasteiger partial charge in [-0.25, -0.2) is 4.68 Å². The zero-order chi connectivity index (χ0) is 24.7. The van der Waals surface area contributed by atoms with Crippen molar-refractivity contribution in [2.24, 2.45) is 0 Å². The van der Waals surface area contributed by atoms with Crippen LogP contribution in [0.25, 0.3) is 5.69 Å². The SMILES string of the molecule is COc1cc(C(=O)NCC(=O)NCCc2ccc(-n3nc(C)cc3C)cc2)cc(OC)c1OC. The van der Waals surface area contributed by atoms with E-state index in [1.54, 1.807) is 0 Å². The summed E-state index contributed by atoms with van der Waals surface area (Å²) in [6, 6.07) is 13.1. The third-order valence-electron chi connectivity index (χ3n) is 5.26. The summed E-state index contributed by atoms with van der Waals surface area (Å²) in [7, 11) is 4.43. The van der Waals surface area contributed by atoms with Gasteiger partial charge in [-0.05, 0) is 56.2 Å². The Morgan fingerprint density at radius 1 is 0.912 bits per heavy atom. The van der Waals surface area contributed by atoms with Crippen molar-refractivity contribution in [2.75, 3.05) is 34.4 Å². The van der Waals surface area contributed by atoms with Crippen LogP contribution in [-0.2, 0) is 11.2 Å². The number of carbonyl (C=O) groups is 2. The van der Waals surface area contributed by atoms with E-state index in [9.17, 15) is 9.59 Å². The Balaban J connectivity index is 1.48. The zero-order valence-corrected chi connectivity index (χ0v) is 20.1. The van der Waals surface area contributed by atoms with Crippen LogP contribution in [0.3, 0.4) is 0 Å². The van der Waals surface area contributed by atoms with Gasteiger partial charge < -0.3 is 24.8 Å². The number of rotatable bonds is 10. The number of nitrogens with zero attached hydrogens (tertiary/aromatic N) is 2. The van der Waals surface area contributed by atoms with Gasteiger partial charge in [0.2, 0.25) is 11.7 Å². The minimum Gasteiger partial charge on any atom is -0.493 e. The van der Waals surface area contributed by atoms with E-state index in [0.29, 0.717) is 35.8 Å². The second-order valence-corrected chi connectivity index (χ2v) is 7.70. The van der Waals surface area contributed by atoms with Gasteiger partial charge in [0, 0.05) is 17.8 Å².